The average molecular weight is 260 g/mol. The molecule has 4 nitrogen and oxygen atoms in total. The van der Waals surface area contributed by atoms with Gasteiger partial charge in [0, 0.05) is 32.1 Å². The molecule has 0 atom stereocenters. The number of nitrogens with one attached hydrogen (secondary N) is 1. The zero-order valence-corrected chi connectivity index (χ0v) is 11.3. The van der Waals surface area contributed by atoms with Crippen LogP contribution in [0.2, 0.25) is 0 Å². The van der Waals surface area contributed by atoms with Gasteiger partial charge in [-0.1, -0.05) is 18.2 Å². The molecular formula is C15H20N2O2. The number of nitrogens with zero attached hydrogens (tertiary/aromatic N) is 1. The van der Waals surface area contributed by atoms with Gasteiger partial charge in [0.25, 0.3) is 5.91 Å². The summed E-state index contributed by atoms with van der Waals surface area (Å²) in [6.07, 6.45) is 1.91. The lowest BCUT2D eigenvalue weighted by Gasteiger charge is -2.32. The summed E-state index contributed by atoms with van der Waals surface area (Å²) >= 11 is 0. The summed E-state index contributed by atoms with van der Waals surface area (Å²) in [4.78, 5) is 25.0. The molecule has 1 heterocycles. The van der Waals surface area contributed by atoms with Crippen molar-refractivity contribution in [2.75, 3.05) is 19.6 Å². The minimum absolute atomic E-state index is 0.0165. The second-order valence-corrected chi connectivity index (χ2v) is 5.04. The average Bonchev–Trinajstić information content (AvgIpc) is 2.46. The van der Waals surface area contributed by atoms with E-state index >= 15 is 0 Å². The number of benzene rings is 1. The predicted molar refractivity (Wildman–Crippen MR) is 73.8 cm³/mol. The van der Waals surface area contributed by atoms with E-state index in [1.807, 2.05) is 35.2 Å². The van der Waals surface area contributed by atoms with Crippen LogP contribution in [-0.4, -0.2) is 36.3 Å². The quantitative estimate of drug-likeness (QED) is 0.899. The summed E-state index contributed by atoms with van der Waals surface area (Å²) in [5.41, 5.74) is 0.753. The molecule has 0 aromatic heterocycles. The Labute approximate surface area is 113 Å². The summed E-state index contributed by atoms with van der Waals surface area (Å²) in [6.45, 7) is 3.81. The molecular weight excluding hydrogens is 240 g/mol. The first-order valence-electron chi connectivity index (χ1n) is 6.75. The predicted octanol–water partition coefficient (Wildman–Crippen LogP) is 1.67. The maximum absolute atomic E-state index is 12.2. The third kappa shape index (κ3) is 3.81. The molecule has 0 unspecified atom stereocenters. The van der Waals surface area contributed by atoms with Crippen LogP contribution in [0.25, 0.3) is 0 Å². The lowest BCUT2D eigenvalue weighted by molar-refractivity contribution is -0.119. The molecule has 2 rings (SSSR count). The number of carbonyl (C=O) groups excluding carboxylic acids is 2. The smallest absolute Gasteiger partial charge is 0.253 e. The lowest BCUT2D eigenvalue weighted by Crippen LogP contribution is -2.41. The highest BCUT2D eigenvalue weighted by Gasteiger charge is 2.23. The Kier molecular flexibility index (Phi) is 4.55. The number of piperidine rings is 1. The molecule has 1 N–H and O–H groups in total. The van der Waals surface area contributed by atoms with Crippen molar-refractivity contribution in [1.29, 1.82) is 0 Å². The molecule has 0 saturated carbocycles. The Bertz CT molecular complexity index is 437. The molecule has 0 bridgehead atoms. The molecule has 1 fully saturated rings. The van der Waals surface area contributed by atoms with Crippen molar-refractivity contribution in [2.45, 2.75) is 19.8 Å². The topological polar surface area (TPSA) is 49.4 Å². The molecule has 2 amide bonds. The zero-order chi connectivity index (χ0) is 13.7. The number of hydrogen-bond acceptors (Lipinski definition) is 2. The van der Waals surface area contributed by atoms with Gasteiger partial charge >= 0.3 is 0 Å². The van der Waals surface area contributed by atoms with E-state index in [4.69, 9.17) is 0 Å². The van der Waals surface area contributed by atoms with Gasteiger partial charge in [0.2, 0.25) is 5.91 Å². The van der Waals surface area contributed by atoms with Crippen molar-refractivity contribution in [3.8, 4) is 0 Å². The van der Waals surface area contributed by atoms with Crippen molar-refractivity contribution in [2.24, 2.45) is 5.92 Å². The van der Waals surface area contributed by atoms with Crippen molar-refractivity contribution in [1.82, 2.24) is 10.2 Å². The Balaban J connectivity index is 1.83. The normalized spacial score (nSPS) is 16.2. The molecule has 1 saturated heterocycles. The van der Waals surface area contributed by atoms with E-state index in [-0.39, 0.29) is 11.8 Å². The van der Waals surface area contributed by atoms with Crippen LogP contribution in [0.5, 0.6) is 0 Å². The van der Waals surface area contributed by atoms with Gasteiger partial charge in [-0.05, 0) is 30.9 Å². The fourth-order valence-corrected chi connectivity index (χ4v) is 2.39. The molecule has 19 heavy (non-hydrogen) atoms. The molecule has 102 valence electrons. The van der Waals surface area contributed by atoms with Crippen LogP contribution >= 0.6 is 0 Å². The zero-order valence-electron chi connectivity index (χ0n) is 11.3. The third-order valence-corrected chi connectivity index (χ3v) is 3.56. The first-order valence-corrected chi connectivity index (χ1v) is 6.75. The summed E-state index contributed by atoms with van der Waals surface area (Å²) in [5.74, 6) is 0.616. The van der Waals surface area contributed by atoms with E-state index < -0.39 is 0 Å². The van der Waals surface area contributed by atoms with Crippen LogP contribution in [0.1, 0.15) is 30.1 Å². The van der Waals surface area contributed by atoms with E-state index in [2.05, 4.69) is 5.32 Å². The van der Waals surface area contributed by atoms with Crippen LogP contribution in [0.4, 0.5) is 0 Å². The van der Waals surface area contributed by atoms with Crippen LogP contribution in [-0.2, 0) is 4.79 Å². The van der Waals surface area contributed by atoms with Gasteiger partial charge in [0.1, 0.15) is 0 Å². The van der Waals surface area contributed by atoms with Crippen molar-refractivity contribution in [3.05, 3.63) is 35.9 Å². The summed E-state index contributed by atoms with van der Waals surface area (Å²) in [6, 6.07) is 9.39. The van der Waals surface area contributed by atoms with Gasteiger partial charge < -0.3 is 10.2 Å². The van der Waals surface area contributed by atoms with Gasteiger partial charge in [-0.3, -0.25) is 9.59 Å². The van der Waals surface area contributed by atoms with Crippen LogP contribution in [0.15, 0.2) is 30.3 Å². The van der Waals surface area contributed by atoms with Gasteiger partial charge in [0.15, 0.2) is 0 Å². The standard InChI is InChI=1S/C15H20N2O2/c1-12(18)16-11-13-7-9-17(10-8-13)15(19)14-5-3-2-4-6-14/h2-6,13H,7-11H2,1H3,(H,16,18). The first kappa shape index (κ1) is 13.6. The number of amides is 2. The SMILES string of the molecule is CC(=O)NCC1CCN(C(=O)c2ccccc2)CC1. The van der Waals surface area contributed by atoms with E-state index in [1.54, 1.807) is 0 Å². The highest BCUT2D eigenvalue weighted by atomic mass is 16.2. The van der Waals surface area contributed by atoms with Crippen molar-refractivity contribution >= 4 is 11.8 Å². The second-order valence-electron chi connectivity index (χ2n) is 5.04. The van der Waals surface area contributed by atoms with Gasteiger partial charge in [-0.2, -0.15) is 0 Å². The van der Waals surface area contributed by atoms with Crippen LogP contribution < -0.4 is 5.32 Å². The molecule has 1 aromatic carbocycles. The summed E-state index contributed by atoms with van der Waals surface area (Å²) < 4.78 is 0. The lowest BCUT2D eigenvalue weighted by atomic mass is 9.96. The molecule has 0 spiro atoms. The fraction of sp³-hybridized carbons (Fsp3) is 0.467. The highest BCUT2D eigenvalue weighted by Crippen LogP contribution is 2.18. The summed E-state index contributed by atoms with van der Waals surface area (Å²) in [7, 11) is 0. The first-order chi connectivity index (χ1) is 9.16. The fourth-order valence-electron chi connectivity index (χ4n) is 2.39. The molecule has 1 aromatic rings. The minimum Gasteiger partial charge on any atom is -0.356 e. The molecule has 0 radical (unpaired) electrons. The molecule has 1 aliphatic heterocycles. The number of rotatable bonds is 3. The van der Waals surface area contributed by atoms with E-state index in [9.17, 15) is 9.59 Å². The van der Waals surface area contributed by atoms with Gasteiger partial charge in [0.05, 0.1) is 0 Å². The second kappa shape index (κ2) is 6.36. The monoisotopic (exact) mass is 260 g/mol. The van der Waals surface area contributed by atoms with Crippen LogP contribution in [0, 0.1) is 5.92 Å². The Morgan fingerprint density at radius 1 is 1.21 bits per heavy atom. The van der Waals surface area contributed by atoms with E-state index in [0.717, 1.165) is 38.0 Å². The Hall–Kier alpha value is -1.84. The highest BCUT2D eigenvalue weighted by molar-refractivity contribution is 5.94. The maximum atomic E-state index is 12.2. The molecule has 0 aliphatic carbocycles. The van der Waals surface area contributed by atoms with E-state index in [1.165, 1.54) is 6.92 Å². The molecule has 1 aliphatic rings. The minimum atomic E-state index is 0.0165. The Morgan fingerprint density at radius 2 is 1.84 bits per heavy atom. The Morgan fingerprint density at radius 3 is 2.42 bits per heavy atom. The van der Waals surface area contributed by atoms with Crippen molar-refractivity contribution in [3.63, 3.8) is 0 Å². The third-order valence-electron chi connectivity index (χ3n) is 3.56. The number of likely N-dealkylation sites (tertiary alicyclic amines) is 1. The van der Waals surface area contributed by atoms with E-state index in [0.29, 0.717) is 5.92 Å². The van der Waals surface area contributed by atoms with Gasteiger partial charge in [-0.15, -0.1) is 0 Å². The number of hydrogen-bond donors (Lipinski definition) is 1. The molecule has 4 heteroatoms. The maximum Gasteiger partial charge on any atom is 0.253 e. The largest absolute Gasteiger partial charge is 0.356 e. The summed E-state index contributed by atoms with van der Waals surface area (Å²) in [5, 5.41) is 2.85. The van der Waals surface area contributed by atoms with Crippen LogP contribution in [0.3, 0.4) is 0 Å². The van der Waals surface area contributed by atoms with Crippen molar-refractivity contribution < 1.29 is 9.59 Å². The van der Waals surface area contributed by atoms with Gasteiger partial charge in [-0.25, -0.2) is 0 Å². The number of carbonyl (C=O) groups is 2.